The molecule has 1 fully saturated rings. The van der Waals surface area contributed by atoms with Crippen molar-refractivity contribution < 1.29 is 13.2 Å². The van der Waals surface area contributed by atoms with Crippen LogP contribution in [0.5, 0.6) is 0 Å². The fourth-order valence-corrected chi connectivity index (χ4v) is 1.59. The third-order valence-electron chi connectivity index (χ3n) is 2.68. The van der Waals surface area contributed by atoms with Crippen molar-refractivity contribution in [2.45, 2.75) is 25.4 Å². The molecule has 0 bridgehead atoms. The van der Waals surface area contributed by atoms with Crippen LogP contribution in [0.15, 0.2) is 18.2 Å². The molecule has 2 rings (SSSR count). The van der Waals surface area contributed by atoms with Crippen LogP contribution in [-0.4, -0.2) is 0 Å². The van der Waals surface area contributed by atoms with E-state index >= 15 is 0 Å². The monoisotopic (exact) mass is 215 g/mol. The van der Waals surface area contributed by atoms with Gasteiger partial charge in [0.25, 0.3) is 0 Å². The third kappa shape index (κ3) is 2.43. The maximum absolute atomic E-state index is 12.3. The Morgan fingerprint density at radius 3 is 2.40 bits per heavy atom. The van der Waals surface area contributed by atoms with Gasteiger partial charge in [-0.2, -0.15) is 13.2 Å². The van der Waals surface area contributed by atoms with E-state index in [-0.39, 0.29) is 5.69 Å². The molecule has 4 heteroatoms. The summed E-state index contributed by atoms with van der Waals surface area (Å²) in [5.41, 5.74) is 6.03. The predicted molar refractivity (Wildman–Crippen MR) is 52.3 cm³/mol. The van der Waals surface area contributed by atoms with Crippen LogP contribution in [0, 0.1) is 5.92 Å². The average molecular weight is 215 g/mol. The molecule has 1 aromatic rings. The van der Waals surface area contributed by atoms with Crippen molar-refractivity contribution in [1.29, 1.82) is 0 Å². The van der Waals surface area contributed by atoms with E-state index in [4.69, 9.17) is 5.73 Å². The minimum atomic E-state index is -4.30. The number of anilines is 1. The Labute approximate surface area is 86.1 Å². The topological polar surface area (TPSA) is 26.0 Å². The highest BCUT2D eigenvalue weighted by Gasteiger charge is 2.31. The number of nitrogen functional groups attached to an aromatic ring is 1. The highest BCUT2D eigenvalue weighted by Crippen LogP contribution is 2.36. The Bertz CT molecular complexity index is 367. The van der Waals surface area contributed by atoms with Crippen LogP contribution < -0.4 is 5.73 Å². The normalized spacial score (nSPS) is 16.7. The van der Waals surface area contributed by atoms with Crippen molar-refractivity contribution in [3.8, 4) is 0 Å². The van der Waals surface area contributed by atoms with Gasteiger partial charge in [-0.3, -0.25) is 0 Å². The van der Waals surface area contributed by atoms with E-state index < -0.39 is 11.7 Å². The zero-order valence-electron chi connectivity index (χ0n) is 8.14. The Kier molecular flexibility index (Phi) is 2.37. The Hall–Kier alpha value is -1.19. The Morgan fingerprint density at radius 2 is 1.93 bits per heavy atom. The second-order valence-corrected chi connectivity index (χ2v) is 4.06. The molecule has 0 aliphatic heterocycles. The number of rotatable bonds is 2. The standard InChI is InChI=1S/C11H12F3N/c12-11(13,14)9-4-3-8(10(15)6-9)5-7-1-2-7/h3-4,6-7H,1-2,5,15H2. The summed E-state index contributed by atoms with van der Waals surface area (Å²) in [6.07, 6.45) is -1.16. The molecule has 0 unspecified atom stereocenters. The van der Waals surface area contributed by atoms with Crippen molar-refractivity contribution in [2.24, 2.45) is 5.92 Å². The van der Waals surface area contributed by atoms with E-state index in [2.05, 4.69) is 0 Å². The molecular weight excluding hydrogens is 203 g/mol. The molecule has 0 spiro atoms. The van der Waals surface area contributed by atoms with Gasteiger partial charge in [0.15, 0.2) is 0 Å². The maximum Gasteiger partial charge on any atom is 0.416 e. The van der Waals surface area contributed by atoms with Gasteiger partial charge in [-0.15, -0.1) is 0 Å². The van der Waals surface area contributed by atoms with Gasteiger partial charge in [-0.25, -0.2) is 0 Å². The van der Waals surface area contributed by atoms with Gasteiger partial charge in [-0.1, -0.05) is 6.07 Å². The van der Waals surface area contributed by atoms with E-state index in [9.17, 15) is 13.2 Å². The summed E-state index contributed by atoms with van der Waals surface area (Å²) in [5.74, 6) is 0.629. The molecular formula is C11H12F3N. The Balaban J connectivity index is 2.21. The zero-order valence-corrected chi connectivity index (χ0v) is 8.14. The summed E-state index contributed by atoms with van der Waals surface area (Å²) in [6, 6.07) is 3.63. The van der Waals surface area contributed by atoms with Crippen LogP contribution in [0.2, 0.25) is 0 Å². The second-order valence-electron chi connectivity index (χ2n) is 4.06. The molecule has 1 aliphatic carbocycles. The SMILES string of the molecule is Nc1cc(C(F)(F)F)ccc1CC1CC1. The highest BCUT2D eigenvalue weighted by molar-refractivity contribution is 5.50. The molecule has 1 aromatic carbocycles. The highest BCUT2D eigenvalue weighted by atomic mass is 19.4. The number of hydrogen-bond donors (Lipinski definition) is 1. The quantitative estimate of drug-likeness (QED) is 0.753. The lowest BCUT2D eigenvalue weighted by Gasteiger charge is -2.10. The molecule has 0 aromatic heterocycles. The van der Waals surface area contributed by atoms with E-state index in [1.54, 1.807) is 0 Å². The number of halogens is 3. The first-order valence-electron chi connectivity index (χ1n) is 4.92. The summed E-state index contributed by atoms with van der Waals surface area (Å²) in [5, 5.41) is 0. The lowest BCUT2D eigenvalue weighted by molar-refractivity contribution is -0.137. The number of benzene rings is 1. The maximum atomic E-state index is 12.3. The Morgan fingerprint density at radius 1 is 1.27 bits per heavy atom. The summed E-state index contributed by atoms with van der Waals surface area (Å²) in [4.78, 5) is 0. The first-order valence-corrected chi connectivity index (χ1v) is 4.92. The third-order valence-corrected chi connectivity index (χ3v) is 2.68. The molecule has 1 saturated carbocycles. The molecule has 0 amide bonds. The summed E-state index contributed by atoms with van der Waals surface area (Å²) in [7, 11) is 0. The molecule has 0 atom stereocenters. The number of nitrogens with two attached hydrogens (primary N) is 1. The minimum Gasteiger partial charge on any atom is -0.398 e. The van der Waals surface area contributed by atoms with Crippen LogP contribution in [0.1, 0.15) is 24.0 Å². The van der Waals surface area contributed by atoms with Crippen molar-refractivity contribution in [1.82, 2.24) is 0 Å². The van der Waals surface area contributed by atoms with Gasteiger partial charge in [0.05, 0.1) is 5.56 Å². The number of hydrogen-bond acceptors (Lipinski definition) is 1. The van der Waals surface area contributed by atoms with E-state index in [1.807, 2.05) is 0 Å². The van der Waals surface area contributed by atoms with Gasteiger partial charge in [0.2, 0.25) is 0 Å². The molecule has 15 heavy (non-hydrogen) atoms. The molecule has 0 heterocycles. The van der Waals surface area contributed by atoms with Gasteiger partial charge < -0.3 is 5.73 Å². The van der Waals surface area contributed by atoms with E-state index in [1.165, 1.54) is 18.9 Å². The second kappa shape index (κ2) is 3.43. The molecule has 0 saturated heterocycles. The molecule has 0 radical (unpaired) electrons. The predicted octanol–water partition coefficient (Wildman–Crippen LogP) is 3.24. The zero-order chi connectivity index (χ0) is 11.1. The lowest BCUT2D eigenvalue weighted by Crippen LogP contribution is -2.07. The van der Waals surface area contributed by atoms with Crippen molar-refractivity contribution >= 4 is 5.69 Å². The van der Waals surface area contributed by atoms with Crippen LogP contribution >= 0.6 is 0 Å². The average Bonchev–Trinajstić information content (AvgIpc) is 2.90. The van der Waals surface area contributed by atoms with Gasteiger partial charge in [-0.05, 0) is 42.9 Å². The first kappa shape index (κ1) is 10.3. The van der Waals surface area contributed by atoms with E-state index in [0.29, 0.717) is 5.92 Å². The van der Waals surface area contributed by atoms with Crippen LogP contribution in [0.3, 0.4) is 0 Å². The molecule has 82 valence electrons. The summed E-state index contributed by atoms with van der Waals surface area (Å²) in [6.45, 7) is 0. The smallest absolute Gasteiger partial charge is 0.398 e. The molecule has 1 nitrogen and oxygen atoms in total. The van der Waals surface area contributed by atoms with Crippen LogP contribution in [0.4, 0.5) is 18.9 Å². The van der Waals surface area contributed by atoms with Crippen molar-refractivity contribution in [3.63, 3.8) is 0 Å². The van der Waals surface area contributed by atoms with Gasteiger partial charge in [0.1, 0.15) is 0 Å². The van der Waals surface area contributed by atoms with Crippen LogP contribution in [-0.2, 0) is 12.6 Å². The van der Waals surface area contributed by atoms with Crippen LogP contribution in [0.25, 0.3) is 0 Å². The molecule has 2 N–H and O–H groups in total. The molecule has 1 aliphatic rings. The lowest BCUT2D eigenvalue weighted by atomic mass is 10.0. The fourth-order valence-electron chi connectivity index (χ4n) is 1.59. The van der Waals surface area contributed by atoms with E-state index in [0.717, 1.165) is 24.1 Å². The largest absolute Gasteiger partial charge is 0.416 e. The fraction of sp³-hybridized carbons (Fsp3) is 0.455. The van der Waals surface area contributed by atoms with Gasteiger partial charge in [0, 0.05) is 5.69 Å². The first-order chi connectivity index (χ1) is 6.97. The van der Waals surface area contributed by atoms with Crippen molar-refractivity contribution in [2.75, 3.05) is 5.73 Å². The minimum absolute atomic E-state index is 0.261. The summed E-state index contributed by atoms with van der Waals surface area (Å²) >= 11 is 0. The number of alkyl halides is 3. The summed E-state index contributed by atoms with van der Waals surface area (Å²) < 4.78 is 37.0. The van der Waals surface area contributed by atoms with Gasteiger partial charge >= 0.3 is 6.18 Å². The van der Waals surface area contributed by atoms with Crippen molar-refractivity contribution in [3.05, 3.63) is 29.3 Å².